The maximum absolute atomic E-state index is 11.1. The minimum absolute atomic E-state index is 0.531. The first-order valence-corrected chi connectivity index (χ1v) is 9.83. The summed E-state index contributed by atoms with van der Waals surface area (Å²) in [5.41, 5.74) is 1.06. The first-order chi connectivity index (χ1) is 13.6. The molecule has 1 atom stereocenters. The molecule has 1 fully saturated rings. The number of rotatable bonds is 5. The fraction of sp³-hybridized carbons (Fsp3) is 0.333. The van der Waals surface area contributed by atoms with Gasteiger partial charge in [0, 0.05) is 19.6 Å². The Balaban J connectivity index is 1.38. The van der Waals surface area contributed by atoms with Crippen molar-refractivity contribution in [2.24, 2.45) is 0 Å². The van der Waals surface area contributed by atoms with E-state index in [1.165, 1.54) is 5.39 Å². The van der Waals surface area contributed by atoms with Gasteiger partial charge in [-0.15, -0.1) is 0 Å². The second-order valence-corrected chi connectivity index (χ2v) is 7.68. The highest BCUT2D eigenvalue weighted by Gasteiger charge is 2.34. The van der Waals surface area contributed by atoms with Gasteiger partial charge in [0.05, 0.1) is 18.8 Å². The molecule has 2 N–H and O–H groups in total. The van der Waals surface area contributed by atoms with E-state index < -0.39 is 11.7 Å². The summed E-state index contributed by atoms with van der Waals surface area (Å²) in [7, 11) is 1.64. The summed E-state index contributed by atoms with van der Waals surface area (Å²) in [4.78, 5) is 2.23. The van der Waals surface area contributed by atoms with E-state index in [0.29, 0.717) is 19.4 Å². The zero-order valence-corrected chi connectivity index (χ0v) is 16.2. The Hall–Kier alpha value is -2.40. The molecule has 0 unspecified atom stereocenters. The second-order valence-electron chi connectivity index (χ2n) is 7.68. The largest absolute Gasteiger partial charge is 0.497 e. The molecule has 28 heavy (non-hydrogen) atoms. The van der Waals surface area contributed by atoms with E-state index in [-0.39, 0.29) is 0 Å². The maximum atomic E-state index is 11.1. The number of aliphatic hydroxyl groups is 2. The van der Waals surface area contributed by atoms with Gasteiger partial charge in [0.1, 0.15) is 5.75 Å². The van der Waals surface area contributed by atoms with Crippen LogP contribution in [0.1, 0.15) is 30.1 Å². The van der Waals surface area contributed by atoms with Crippen molar-refractivity contribution in [2.45, 2.75) is 24.5 Å². The van der Waals surface area contributed by atoms with Crippen LogP contribution < -0.4 is 4.74 Å². The third-order valence-corrected chi connectivity index (χ3v) is 5.90. The highest BCUT2D eigenvalue weighted by atomic mass is 16.5. The number of nitrogens with zero attached hydrogens (tertiary/aromatic N) is 1. The fourth-order valence-electron chi connectivity index (χ4n) is 4.06. The fourth-order valence-corrected chi connectivity index (χ4v) is 4.06. The number of aliphatic hydroxyl groups excluding tert-OH is 1. The number of piperidine rings is 1. The number of hydrogen-bond donors (Lipinski definition) is 2. The molecule has 1 aliphatic heterocycles. The Morgan fingerprint density at radius 3 is 2.32 bits per heavy atom. The van der Waals surface area contributed by atoms with Gasteiger partial charge in [-0.1, -0.05) is 48.5 Å². The van der Waals surface area contributed by atoms with Gasteiger partial charge >= 0.3 is 0 Å². The number of methoxy groups -OCH3 is 1. The van der Waals surface area contributed by atoms with Gasteiger partial charge in [0.25, 0.3) is 0 Å². The van der Waals surface area contributed by atoms with Crippen molar-refractivity contribution in [3.05, 3.63) is 77.9 Å². The molecule has 1 heterocycles. The van der Waals surface area contributed by atoms with Crippen LogP contribution in [-0.2, 0) is 5.60 Å². The van der Waals surface area contributed by atoms with Crippen LogP contribution in [0.3, 0.4) is 0 Å². The van der Waals surface area contributed by atoms with Crippen molar-refractivity contribution in [1.82, 2.24) is 4.90 Å². The van der Waals surface area contributed by atoms with E-state index in [4.69, 9.17) is 4.74 Å². The van der Waals surface area contributed by atoms with Crippen molar-refractivity contribution >= 4 is 10.8 Å². The summed E-state index contributed by atoms with van der Waals surface area (Å²) < 4.78 is 5.20. The summed E-state index contributed by atoms with van der Waals surface area (Å²) in [5.74, 6) is 0.795. The van der Waals surface area contributed by atoms with Gasteiger partial charge < -0.3 is 19.8 Å². The lowest BCUT2D eigenvalue weighted by molar-refractivity contribution is -0.0344. The number of hydrogen-bond acceptors (Lipinski definition) is 4. The zero-order valence-electron chi connectivity index (χ0n) is 16.2. The highest BCUT2D eigenvalue weighted by molar-refractivity contribution is 5.83. The Morgan fingerprint density at radius 1 is 0.964 bits per heavy atom. The lowest BCUT2D eigenvalue weighted by Crippen LogP contribution is -2.43. The molecule has 0 radical (unpaired) electrons. The van der Waals surface area contributed by atoms with E-state index in [1.807, 2.05) is 42.5 Å². The second kappa shape index (κ2) is 7.92. The van der Waals surface area contributed by atoms with Crippen LogP contribution in [0.25, 0.3) is 10.8 Å². The van der Waals surface area contributed by atoms with E-state index in [1.54, 1.807) is 7.11 Å². The third-order valence-electron chi connectivity index (χ3n) is 5.90. The lowest BCUT2D eigenvalue weighted by Gasteiger charge is -2.39. The van der Waals surface area contributed by atoms with Crippen molar-refractivity contribution in [3.8, 4) is 5.75 Å². The minimum Gasteiger partial charge on any atom is -0.497 e. The Morgan fingerprint density at radius 2 is 1.64 bits per heavy atom. The van der Waals surface area contributed by atoms with Crippen LogP contribution in [0.5, 0.6) is 5.75 Å². The standard InChI is InChI=1S/C24H27NO3/c1-28-22-10-8-21(9-11-22)24(27)12-14-25(15-13-24)17-23(26)20-7-6-18-4-2-3-5-19(18)16-20/h2-11,16,23,26-27H,12-15,17H2,1H3/t23-/m1/s1. The molecule has 4 heteroatoms. The molecule has 0 aliphatic carbocycles. The summed E-state index contributed by atoms with van der Waals surface area (Å²) in [5, 5.41) is 24.1. The van der Waals surface area contributed by atoms with Gasteiger partial charge in [0.2, 0.25) is 0 Å². The average Bonchev–Trinajstić information content (AvgIpc) is 2.75. The monoisotopic (exact) mass is 377 g/mol. The van der Waals surface area contributed by atoms with Crippen LogP contribution in [0.2, 0.25) is 0 Å². The zero-order chi connectivity index (χ0) is 19.6. The smallest absolute Gasteiger partial charge is 0.118 e. The van der Waals surface area contributed by atoms with Crippen molar-refractivity contribution in [1.29, 1.82) is 0 Å². The number of fused-ring (bicyclic) bond motifs is 1. The topological polar surface area (TPSA) is 52.9 Å². The molecule has 1 aliphatic rings. The Bertz CT molecular complexity index is 930. The normalized spacial score (nSPS) is 18.1. The van der Waals surface area contributed by atoms with Crippen LogP contribution in [0.4, 0.5) is 0 Å². The van der Waals surface area contributed by atoms with Gasteiger partial charge in [-0.2, -0.15) is 0 Å². The molecular formula is C24H27NO3. The molecular weight excluding hydrogens is 350 g/mol. The molecule has 4 rings (SSSR count). The third kappa shape index (κ3) is 3.90. The summed E-state index contributed by atoms with van der Waals surface area (Å²) in [6.45, 7) is 2.09. The van der Waals surface area contributed by atoms with Gasteiger partial charge in [-0.3, -0.25) is 0 Å². The maximum Gasteiger partial charge on any atom is 0.118 e. The van der Waals surface area contributed by atoms with Crippen LogP contribution in [0.15, 0.2) is 66.7 Å². The molecule has 3 aromatic rings. The molecule has 0 aromatic heterocycles. The molecule has 0 spiro atoms. The van der Waals surface area contributed by atoms with Crippen LogP contribution in [-0.4, -0.2) is 41.9 Å². The summed E-state index contributed by atoms with van der Waals surface area (Å²) in [6.07, 6.45) is 0.782. The molecule has 3 aromatic carbocycles. The number of benzene rings is 3. The lowest BCUT2D eigenvalue weighted by atomic mass is 9.84. The molecule has 1 saturated heterocycles. The number of likely N-dealkylation sites (tertiary alicyclic amines) is 1. The quantitative estimate of drug-likeness (QED) is 0.709. The van der Waals surface area contributed by atoms with Gasteiger partial charge in [0.15, 0.2) is 0 Å². The average molecular weight is 377 g/mol. The summed E-state index contributed by atoms with van der Waals surface area (Å²) >= 11 is 0. The molecule has 4 nitrogen and oxygen atoms in total. The van der Waals surface area contributed by atoms with Crippen molar-refractivity contribution < 1.29 is 14.9 Å². The Labute approximate surface area is 166 Å². The molecule has 0 amide bonds. The first-order valence-electron chi connectivity index (χ1n) is 9.83. The molecule has 0 bridgehead atoms. The Kier molecular flexibility index (Phi) is 5.36. The molecule has 0 saturated carbocycles. The predicted octanol–water partition coefficient (Wildman–Crippen LogP) is 3.87. The van der Waals surface area contributed by atoms with E-state index in [2.05, 4.69) is 29.2 Å². The van der Waals surface area contributed by atoms with E-state index in [0.717, 1.165) is 35.4 Å². The molecule has 146 valence electrons. The van der Waals surface area contributed by atoms with Crippen LogP contribution in [0, 0.1) is 0 Å². The van der Waals surface area contributed by atoms with Crippen LogP contribution >= 0.6 is 0 Å². The van der Waals surface area contributed by atoms with E-state index in [9.17, 15) is 10.2 Å². The van der Waals surface area contributed by atoms with E-state index >= 15 is 0 Å². The first kappa shape index (κ1) is 18.9. The minimum atomic E-state index is -0.809. The van der Waals surface area contributed by atoms with Crippen molar-refractivity contribution in [3.63, 3.8) is 0 Å². The van der Waals surface area contributed by atoms with Crippen molar-refractivity contribution in [2.75, 3.05) is 26.7 Å². The van der Waals surface area contributed by atoms with Gasteiger partial charge in [-0.25, -0.2) is 0 Å². The highest BCUT2D eigenvalue weighted by Crippen LogP contribution is 2.34. The van der Waals surface area contributed by atoms with Gasteiger partial charge in [-0.05, 0) is 52.9 Å². The summed E-state index contributed by atoms with van der Waals surface area (Å²) in [6, 6.07) is 22.0. The number of ether oxygens (including phenoxy) is 1. The number of β-amino-alcohol motifs (C(OH)–C–C–N with tert-alkyl or cyclic N) is 1. The predicted molar refractivity (Wildman–Crippen MR) is 111 cm³/mol. The SMILES string of the molecule is COc1ccc(C2(O)CCN(C[C@@H](O)c3ccc4ccccc4c3)CC2)cc1.